The lowest BCUT2D eigenvalue weighted by Gasteiger charge is -2.25. The van der Waals surface area contributed by atoms with E-state index >= 15 is 0 Å². The van der Waals surface area contributed by atoms with Gasteiger partial charge in [-0.15, -0.1) is 0 Å². The molecule has 89 heavy (non-hydrogen) atoms. The maximum atomic E-state index is 12.9. The van der Waals surface area contributed by atoms with Gasteiger partial charge in [-0.25, -0.2) is 4.79 Å². The summed E-state index contributed by atoms with van der Waals surface area (Å²) in [6.07, 6.45) is 98.3. The Morgan fingerprint density at radius 3 is 0.899 bits per heavy atom. The number of carboxylic acid groups (broad SMARTS) is 1. The van der Waals surface area contributed by atoms with E-state index in [0.29, 0.717) is 23.9 Å². The number of carboxylic acids is 1. The third-order valence-corrected chi connectivity index (χ3v) is 15.1. The van der Waals surface area contributed by atoms with Crippen molar-refractivity contribution in [1.29, 1.82) is 0 Å². The molecule has 0 aliphatic rings. The van der Waals surface area contributed by atoms with E-state index in [1.54, 1.807) is 0 Å². The van der Waals surface area contributed by atoms with E-state index in [1.165, 1.54) is 128 Å². The van der Waals surface area contributed by atoms with Crippen LogP contribution in [0.25, 0.3) is 0 Å². The molecule has 0 aliphatic heterocycles. The molecule has 0 radical (unpaired) electrons. The van der Waals surface area contributed by atoms with Gasteiger partial charge in [-0.2, -0.15) is 0 Å². The average molecular weight is 1240 g/mol. The van der Waals surface area contributed by atoms with Gasteiger partial charge < -0.3 is 28.5 Å². The maximum absolute atomic E-state index is 12.9. The smallest absolute Gasteiger partial charge is 0.361 e. The van der Waals surface area contributed by atoms with Crippen molar-refractivity contribution in [2.24, 2.45) is 0 Å². The number of ether oxygens (including phenoxy) is 4. The van der Waals surface area contributed by atoms with Crippen LogP contribution >= 0.6 is 0 Å². The summed E-state index contributed by atoms with van der Waals surface area (Å²) in [7, 11) is 5.96. The Balaban J connectivity index is 4.14. The molecule has 0 spiro atoms. The molecule has 2 atom stereocenters. The van der Waals surface area contributed by atoms with E-state index in [4.69, 9.17) is 18.9 Å². The summed E-state index contributed by atoms with van der Waals surface area (Å²) < 4.78 is 23.0. The van der Waals surface area contributed by atoms with E-state index < -0.39 is 24.3 Å². The van der Waals surface area contributed by atoms with Gasteiger partial charge in [-0.3, -0.25) is 9.59 Å². The lowest BCUT2D eigenvalue weighted by Crippen LogP contribution is -2.40. The van der Waals surface area contributed by atoms with Crippen LogP contribution in [0.1, 0.15) is 284 Å². The number of allylic oxidation sites excluding steroid dienone is 24. The number of carbonyl (C=O) groups is 3. The van der Waals surface area contributed by atoms with Crippen LogP contribution in [0.4, 0.5) is 0 Å². The average Bonchev–Trinajstić information content (AvgIpc) is 3.71. The van der Waals surface area contributed by atoms with Crippen LogP contribution in [0.5, 0.6) is 0 Å². The van der Waals surface area contributed by atoms with Gasteiger partial charge in [0, 0.05) is 12.8 Å². The number of rotatable bonds is 65. The number of hydrogen-bond donors (Lipinski definition) is 1. The summed E-state index contributed by atoms with van der Waals surface area (Å²) in [5, 5.41) is 9.75. The van der Waals surface area contributed by atoms with Crippen molar-refractivity contribution in [3.05, 3.63) is 146 Å². The summed E-state index contributed by atoms with van der Waals surface area (Å²) in [4.78, 5) is 37.6. The Kier molecular flexibility index (Phi) is 65.3. The maximum Gasteiger partial charge on any atom is 0.361 e. The van der Waals surface area contributed by atoms with Gasteiger partial charge >= 0.3 is 17.9 Å². The number of carbonyl (C=O) groups excluding carboxylic acids is 2. The van der Waals surface area contributed by atoms with Crippen molar-refractivity contribution >= 4 is 17.9 Å². The minimum absolute atomic E-state index is 0.176. The van der Waals surface area contributed by atoms with E-state index in [-0.39, 0.29) is 32.2 Å². The Bertz CT molecular complexity index is 1970. The van der Waals surface area contributed by atoms with Crippen LogP contribution in [-0.4, -0.2) is 87.4 Å². The van der Waals surface area contributed by atoms with Crippen LogP contribution < -0.4 is 0 Å². The Morgan fingerprint density at radius 1 is 0.337 bits per heavy atom. The number of quaternary nitrogens is 1. The summed E-state index contributed by atoms with van der Waals surface area (Å²) in [5.41, 5.74) is 0. The van der Waals surface area contributed by atoms with Crippen LogP contribution in [0.2, 0.25) is 0 Å². The van der Waals surface area contributed by atoms with Gasteiger partial charge in [0.15, 0.2) is 6.10 Å². The molecule has 9 heteroatoms. The monoisotopic (exact) mass is 1240 g/mol. The number of esters is 2. The second-order valence-electron chi connectivity index (χ2n) is 24.8. The molecule has 2 unspecified atom stereocenters. The minimum atomic E-state index is -1.53. The van der Waals surface area contributed by atoms with Crippen LogP contribution in [0.3, 0.4) is 0 Å². The number of likely N-dealkylation sites (N-methyl/N-ethyl adjacent to an activating group) is 1. The molecule has 0 heterocycles. The predicted octanol–water partition coefficient (Wildman–Crippen LogP) is 22.7. The van der Waals surface area contributed by atoms with Crippen LogP contribution in [0.15, 0.2) is 146 Å². The first-order valence-corrected chi connectivity index (χ1v) is 36.0. The molecule has 0 aromatic carbocycles. The molecular weight excluding hydrogens is 1100 g/mol. The second-order valence-corrected chi connectivity index (χ2v) is 24.8. The highest BCUT2D eigenvalue weighted by molar-refractivity contribution is 5.71. The van der Waals surface area contributed by atoms with Gasteiger partial charge in [0.2, 0.25) is 0 Å². The first kappa shape index (κ1) is 84.2. The third kappa shape index (κ3) is 70.5. The lowest BCUT2D eigenvalue weighted by molar-refractivity contribution is -0.870. The lowest BCUT2D eigenvalue weighted by atomic mass is 10.0. The van der Waals surface area contributed by atoms with Gasteiger partial charge in [0.1, 0.15) is 13.2 Å². The highest BCUT2D eigenvalue weighted by atomic mass is 16.7. The molecule has 0 saturated heterocycles. The molecule has 0 aromatic heterocycles. The van der Waals surface area contributed by atoms with Crippen molar-refractivity contribution in [2.45, 2.75) is 296 Å². The molecule has 0 aliphatic carbocycles. The Hall–Kier alpha value is -4.83. The van der Waals surface area contributed by atoms with Gasteiger partial charge in [0.25, 0.3) is 6.29 Å². The number of aliphatic carboxylic acids is 1. The first-order valence-electron chi connectivity index (χ1n) is 36.0. The standard InChI is InChI=1S/C80H133NO8/c1-6-8-10-12-14-16-18-20-22-24-26-28-30-32-34-36-37-38-39-40-41-43-44-46-48-50-52-54-56-58-60-62-64-66-68-70-77(82)87-74-76(75-88-80(79(84)85)86-73-72-81(3,4)5)89-78(83)71-69-67-65-63-61-59-57-55-53-51-49-47-45-42-35-33-31-29-27-25-23-21-19-17-15-13-11-9-7-2/h8-11,14-17,20-23,26-29,33,35,45,47,51,53,57,59,76,80H,6-7,12-13,18-19,24-25,30-32,34,36-44,46,48-50,52,54-56,58,60-75H2,1-5H3/p+1/b10-8-,11-9-,16-14-,17-15-,22-20-,23-21-,28-26-,29-27-,35-33-,47-45-,53-51-,59-57-. The van der Waals surface area contributed by atoms with Crippen LogP contribution in [-0.2, 0) is 33.3 Å². The quantitative estimate of drug-likeness (QED) is 0.0211. The molecular formula is C80H134NO8+. The zero-order valence-electron chi connectivity index (χ0n) is 57.8. The molecule has 1 N–H and O–H groups in total. The van der Waals surface area contributed by atoms with Crippen molar-refractivity contribution in [3.8, 4) is 0 Å². The molecule has 0 rings (SSSR count). The highest BCUT2D eigenvalue weighted by Gasteiger charge is 2.25. The second kappa shape index (κ2) is 69.1. The predicted molar refractivity (Wildman–Crippen MR) is 382 cm³/mol. The van der Waals surface area contributed by atoms with Crippen molar-refractivity contribution in [2.75, 3.05) is 47.5 Å². The number of unbranched alkanes of at least 4 members (excludes halogenated alkanes) is 26. The van der Waals surface area contributed by atoms with E-state index in [9.17, 15) is 19.5 Å². The van der Waals surface area contributed by atoms with Gasteiger partial charge in [0.05, 0.1) is 34.4 Å². The Morgan fingerprint density at radius 2 is 0.607 bits per heavy atom. The van der Waals surface area contributed by atoms with Crippen molar-refractivity contribution in [1.82, 2.24) is 0 Å². The largest absolute Gasteiger partial charge is 0.477 e. The number of hydrogen-bond acceptors (Lipinski definition) is 7. The molecule has 0 amide bonds. The van der Waals surface area contributed by atoms with E-state index in [1.807, 2.05) is 21.1 Å². The summed E-state index contributed by atoms with van der Waals surface area (Å²) in [6.45, 7) is 4.63. The normalized spacial score (nSPS) is 13.6. The fraction of sp³-hybridized carbons (Fsp3) is 0.662. The molecule has 506 valence electrons. The Labute approximate surface area is 547 Å². The van der Waals surface area contributed by atoms with Gasteiger partial charge in [-0.1, -0.05) is 301 Å². The molecule has 9 nitrogen and oxygen atoms in total. The molecule has 0 fully saturated rings. The SMILES string of the molecule is CC/C=C\C/C=C\C/C=C\C/C=C\C/C=C\C/C=C\C/C=C\C/C=C\CCCCCCC(=O)OC(COC(=O)CCCCCCCCCCCCCCCCCCCCCCCC/C=C\C/C=C\C/C=C\C/C=C\CC)COC(OCC[N+](C)(C)C)C(=O)O. The fourth-order valence-corrected chi connectivity index (χ4v) is 9.67. The highest BCUT2D eigenvalue weighted by Crippen LogP contribution is 2.17. The molecule has 0 aromatic rings. The van der Waals surface area contributed by atoms with Crippen molar-refractivity contribution < 1.29 is 42.9 Å². The summed E-state index contributed by atoms with van der Waals surface area (Å²) >= 11 is 0. The van der Waals surface area contributed by atoms with Gasteiger partial charge in [-0.05, 0) is 116 Å². The summed E-state index contributed by atoms with van der Waals surface area (Å²) in [5.74, 6) is -2.04. The van der Waals surface area contributed by atoms with E-state index in [2.05, 4.69) is 160 Å². The number of nitrogens with zero attached hydrogens (tertiary/aromatic N) is 1. The van der Waals surface area contributed by atoms with E-state index in [0.717, 1.165) is 122 Å². The zero-order chi connectivity index (χ0) is 64.7. The molecule has 0 bridgehead atoms. The third-order valence-electron chi connectivity index (χ3n) is 15.1. The van der Waals surface area contributed by atoms with Crippen molar-refractivity contribution in [3.63, 3.8) is 0 Å². The fourth-order valence-electron chi connectivity index (χ4n) is 9.67. The topological polar surface area (TPSA) is 108 Å². The van der Waals surface area contributed by atoms with Crippen LogP contribution in [0, 0.1) is 0 Å². The summed E-state index contributed by atoms with van der Waals surface area (Å²) in [6, 6.07) is 0. The molecule has 0 saturated carbocycles. The zero-order valence-corrected chi connectivity index (χ0v) is 57.8. The minimum Gasteiger partial charge on any atom is -0.477 e. The first-order chi connectivity index (χ1) is 43.6.